The Morgan fingerprint density at radius 3 is 3.00 bits per heavy atom. The molecular weight excluding hydrogens is 184 g/mol. The number of rotatable bonds is 3. The van der Waals surface area contributed by atoms with Gasteiger partial charge in [0, 0.05) is 13.3 Å². The Morgan fingerprint density at radius 2 is 2.43 bits per heavy atom. The van der Waals surface area contributed by atoms with Crippen LogP contribution in [0.1, 0.15) is 19.8 Å². The molecule has 78 valence electrons. The fraction of sp³-hybridized carbons (Fsp3) is 0.500. The van der Waals surface area contributed by atoms with Crippen LogP contribution in [0.5, 0.6) is 0 Å². The van der Waals surface area contributed by atoms with Crippen LogP contribution >= 0.6 is 0 Å². The molecule has 1 aliphatic carbocycles. The Labute approximate surface area is 82.5 Å². The number of hydrogen-bond acceptors (Lipinski definition) is 4. The second-order valence-corrected chi connectivity index (χ2v) is 3.26. The van der Waals surface area contributed by atoms with Gasteiger partial charge in [0.2, 0.25) is 0 Å². The lowest BCUT2D eigenvalue weighted by molar-refractivity contribution is -0.140. The SMILES string of the molecule is CC(=O)OCCC1=CC(O)=CC(O)C1. The second kappa shape index (κ2) is 4.81. The lowest BCUT2D eigenvalue weighted by Crippen LogP contribution is -2.11. The molecule has 0 bridgehead atoms. The molecule has 0 aromatic carbocycles. The van der Waals surface area contributed by atoms with Gasteiger partial charge < -0.3 is 14.9 Å². The Morgan fingerprint density at radius 1 is 1.71 bits per heavy atom. The maximum Gasteiger partial charge on any atom is 0.302 e. The van der Waals surface area contributed by atoms with Crippen LogP contribution < -0.4 is 0 Å². The van der Waals surface area contributed by atoms with E-state index in [0.29, 0.717) is 19.4 Å². The third kappa shape index (κ3) is 3.62. The summed E-state index contributed by atoms with van der Waals surface area (Å²) in [5.74, 6) is -0.247. The van der Waals surface area contributed by atoms with E-state index in [0.717, 1.165) is 5.57 Å². The standard InChI is InChI=1S/C10H14O4/c1-7(11)14-3-2-8-4-9(12)6-10(13)5-8/h4,6,10,12-13H,2-3,5H2,1H3. The molecule has 1 aliphatic rings. The minimum absolute atomic E-state index is 0.0709. The van der Waals surface area contributed by atoms with E-state index in [9.17, 15) is 15.0 Å². The van der Waals surface area contributed by atoms with Gasteiger partial charge in [-0.15, -0.1) is 0 Å². The van der Waals surface area contributed by atoms with Gasteiger partial charge in [0.25, 0.3) is 0 Å². The van der Waals surface area contributed by atoms with E-state index in [1.54, 1.807) is 6.08 Å². The molecule has 0 radical (unpaired) electrons. The summed E-state index contributed by atoms with van der Waals surface area (Å²) in [6.45, 7) is 1.64. The van der Waals surface area contributed by atoms with E-state index in [-0.39, 0.29) is 11.7 Å². The monoisotopic (exact) mass is 198 g/mol. The number of aliphatic hydroxyl groups is 2. The lowest BCUT2D eigenvalue weighted by Gasteiger charge is -2.15. The van der Waals surface area contributed by atoms with E-state index in [1.165, 1.54) is 13.0 Å². The molecule has 1 rings (SSSR count). The van der Waals surface area contributed by atoms with Crippen molar-refractivity contribution >= 4 is 5.97 Å². The van der Waals surface area contributed by atoms with Crippen molar-refractivity contribution < 1.29 is 19.7 Å². The minimum atomic E-state index is -0.632. The molecule has 2 N–H and O–H groups in total. The zero-order chi connectivity index (χ0) is 10.6. The number of aliphatic hydroxyl groups excluding tert-OH is 2. The zero-order valence-corrected chi connectivity index (χ0v) is 8.06. The first-order chi connectivity index (χ1) is 6.58. The summed E-state index contributed by atoms with van der Waals surface area (Å²) in [4.78, 5) is 10.5. The summed E-state index contributed by atoms with van der Waals surface area (Å²) in [5.41, 5.74) is 0.888. The van der Waals surface area contributed by atoms with E-state index in [2.05, 4.69) is 0 Å². The fourth-order valence-corrected chi connectivity index (χ4v) is 1.34. The quantitative estimate of drug-likeness (QED) is 0.666. The van der Waals surface area contributed by atoms with Crippen molar-refractivity contribution in [2.24, 2.45) is 0 Å². The molecule has 0 fully saturated rings. The predicted molar refractivity (Wildman–Crippen MR) is 50.7 cm³/mol. The summed E-state index contributed by atoms with van der Waals surface area (Å²) in [6, 6.07) is 0. The molecule has 0 amide bonds. The number of esters is 1. The molecule has 1 unspecified atom stereocenters. The van der Waals surface area contributed by atoms with Gasteiger partial charge in [0.15, 0.2) is 0 Å². The number of ether oxygens (including phenoxy) is 1. The first-order valence-corrected chi connectivity index (χ1v) is 4.49. The van der Waals surface area contributed by atoms with Crippen molar-refractivity contribution in [2.75, 3.05) is 6.61 Å². The molecule has 0 spiro atoms. The minimum Gasteiger partial charge on any atom is -0.508 e. The van der Waals surface area contributed by atoms with Crippen LogP contribution in [0.15, 0.2) is 23.5 Å². The summed E-state index contributed by atoms with van der Waals surface area (Å²) in [7, 11) is 0. The highest BCUT2D eigenvalue weighted by atomic mass is 16.5. The number of allylic oxidation sites excluding steroid dienone is 1. The van der Waals surface area contributed by atoms with E-state index in [1.807, 2.05) is 0 Å². The largest absolute Gasteiger partial charge is 0.508 e. The van der Waals surface area contributed by atoms with Gasteiger partial charge in [0.05, 0.1) is 12.7 Å². The topological polar surface area (TPSA) is 66.8 Å². The average molecular weight is 198 g/mol. The van der Waals surface area contributed by atoms with Gasteiger partial charge in [-0.2, -0.15) is 0 Å². The Hall–Kier alpha value is -1.29. The Bertz CT molecular complexity index is 278. The van der Waals surface area contributed by atoms with Crippen LogP contribution in [0.2, 0.25) is 0 Å². The lowest BCUT2D eigenvalue weighted by atomic mass is 9.99. The number of carbonyl (C=O) groups excluding carboxylic acids is 1. The predicted octanol–water partition coefficient (Wildman–Crippen LogP) is 1.07. The third-order valence-electron chi connectivity index (χ3n) is 1.91. The van der Waals surface area contributed by atoms with Crippen LogP contribution in [0.3, 0.4) is 0 Å². The molecule has 0 saturated carbocycles. The smallest absolute Gasteiger partial charge is 0.302 e. The molecule has 0 aliphatic heterocycles. The van der Waals surface area contributed by atoms with Crippen LogP contribution in [-0.2, 0) is 9.53 Å². The second-order valence-electron chi connectivity index (χ2n) is 3.26. The van der Waals surface area contributed by atoms with E-state index < -0.39 is 6.10 Å². The normalized spacial score (nSPS) is 21.1. The zero-order valence-electron chi connectivity index (χ0n) is 8.06. The Balaban J connectivity index is 2.38. The van der Waals surface area contributed by atoms with Crippen molar-refractivity contribution in [3.63, 3.8) is 0 Å². The highest BCUT2D eigenvalue weighted by molar-refractivity contribution is 5.65. The summed E-state index contributed by atoms with van der Waals surface area (Å²) >= 11 is 0. The van der Waals surface area contributed by atoms with Gasteiger partial charge >= 0.3 is 5.97 Å². The molecule has 0 aromatic heterocycles. The van der Waals surface area contributed by atoms with Crippen LogP contribution in [0.4, 0.5) is 0 Å². The molecule has 4 nitrogen and oxygen atoms in total. The maximum absolute atomic E-state index is 10.5. The molecule has 1 atom stereocenters. The number of hydrogen-bond donors (Lipinski definition) is 2. The van der Waals surface area contributed by atoms with Crippen LogP contribution in [-0.4, -0.2) is 28.9 Å². The van der Waals surface area contributed by atoms with Crippen molar-refractivity contribution in [2.45, 2.75) is 25.9 Å². The fourth-order valence-electron chi connectivity index (χ4n) is 1.34. The van der Waals surface area contributed by atoms with Crippen molar-refractivity contribution in [3.05, 3.63) is 23.5 Å². The Kier molecular flexibility index (Phi) is 3.71. The highest BCUT2D eigenvalue weighted by Crippen LogP contribution is 2.19. The van der Waals surface area contributed by atoms with E-state index >= 15 is 0 Å². The molecule has 4 heteroatoms. The van der Waals surface area contributed by atoms with Crippen molar-refractivity contribution in [1.29, 1.82) is 0 Å². The molecule has 14 heavy (non-hydrogen) atoms. The summed E-state index contributed by atoms with van der Waals surface area (Å²) in [6.07, 6.45) is 3.39. The van der Waals surface area contributed by atoms with Gasteiger partial charge in [-0.05, 0) is 18.6 Å². The van der Waals surface area contributed by atoms with Crippen LogP contribution in [0, 0.1) is 0 Å². The highest BCUT2D eigenvalue weighted by Gasteiger charge is 2.12. The van der Waals surface area contributed by atoms with Gasteiger partial charge in [-0.1, -0.05) is 5.57 Å². The van der Waals surface area contributed by atoms with Crippen LogP contribution in [0.25, 0.3) is 0 Å². The first-order valence-electron chi connectivity index (χ1n) is 4.49. The molecule has 0 heterocycles. The molecular formula is C10H14O4. The van der Waals surface area contributed by atoms with Gasteiger partial charge in [0.1, 0.15) is 5.76 Å². The molecule has 0 saturated heterocycles. The van der Waals surface area contributed by atoms with Crippen molar-refractivity contribution in [3.8, 4) is 0 Å². The first kappa shape index (κ1) is 10.8. The summed E-state index contributed by atoms with van der Waals surface area (Å²) in [5, 5.41) is 18.4. The maximum atomic E-state index is 10.5. The van der Waals surface area contributed by atoms with Crippen molar-refractivity contribution in [1.82, 2.24) is 0 Å². The third-order valence-corrected chi connectivity index (χ3v) is 1.91. The van der Waals surface area contributed by atoms with E-state index in [4.69, 9.17) is 4.74 Å². The van der Waals surface area contributed by atoms with Gasteiger partial charge in [-0.25, -0.2) is 0 Å². The summed E-state index contributed by atoms with van der Waals surface area (Å²) < 4.78 is 4.75. The number of carbonyl (C=O) groups is 1. The molecule has 0 aromatic rings. The van der Waals surface area contributed by atoms with Gasteiger partial charge in [-0.3, -0.25) is 4.79 Å². The average Bonchev–Trinajstić information content (AvgIpc) is 2.01.